The highest BCUT2D eigenvalue weighted by molar-refractivity contribution is 5.76. The molecule has 72 valence electrons. The van der Waals surface area contributed by atoms with E-state index in [1.165, 1.54) is 19.2 Å². The van der Waals surface area contributed by atoms with Crippen LogP contribution in [0.5, 0.6) is 0 Å². The fourth-order valence-corrected chi connectivity index (χ4v) is 0.863. The van der Waals surface area contributed by atoms with Gasteiger partial charge in [-0.3, -0.25) is 4.79 Å². The minimum absolute atomic E-state index is 0.388. The third-order valence-corrected chi connectivity index (χ3v) is 1.62. The maximum atomic E-state index is 10.5. The molecule has 0 saturated heterocycles. The van der Waals surface area contributed by atoms with Gasteiger partial charge in [0.05, 0.1) is 11.6 Å². The van der Waals surface area contributed by atoms with Gasteiger partial charge in [0.15, 0.2) is 0 Å². The summed E-state index contributed by atoms with van der Waals surface area (Å²) in [4.78, 5) is 14.4. The van der Waals surface area contributed by atoms with Gasteiger partial charge in [0.2, 0.25) is 0 Å². The number of carboxylic acid groups (broad SMARTS) is 1. The van der Waals surface area contributed by atoms with Crippen LogP contribution in [0.25, 0.3) is 0 Å². The zero-order valence-electron chi connectivity index (χ0n) is 7.56. The van der Waals surface area contributed by atoms with Gasteiger partial charge in [-0.1, -0.05) is 0 Å². The number of aliphatic carboxylic acids is 1. The summed E-state index contributed by atoms with van der Waals surface area (Å²) in [6.07, 6.45) is 1.45. The second kappa shape index (κ2) is 4.23. The first-order valence-corrected chi connectivity index (χ1v) is 3.99. The van der Waals surface area contributed by atoms with Crippen molar-refractivity contribution in [1.29, 1.82) is 5.26 Å². The standard InChI is InChI=1S/C9H9N3O2/c1-6(9(13)14)12-8-4-7(5-10)2-3-11-8/h2-4,6H,1H3,(H,11,12)(H,13,14). The van der Waals surface area contributed by atoms with Crippen LogP contribution in [0.2, 0.25) is 0 Å². The minimum Gasteiger partial charge on any atom is -0.480 e. The summed E-state index contributed by atoms with van der Waals surface area (Å²) in [5.41, 5.74) is 0.445. The Morgan fingerprint density at radius 1 is 1.79 bits per heavy atom. The molecule has 1 rings (SSSR count). The molecule has 1 unspecified atom stereocenters. The van der Waals surface area contributed by atoms with E-state index in [9.17, 15) is 4.79 Å². The molecular weight excluding hydrogens is 182 g/mol. The highest BCUT2D eigenvalue weighted by atomic mass is 16.4. The van der Waals surface area contributed by atoms with E-state index in [0.29, 0.717) is 11.4 Å². The smallest absolute Gasteiger partial charge is 0.325 e. The first-order valence-electron chi connectivity index (χ1n) is 3.99. The van der Waals surface area contributed by atoms with Gasteiger partial charge in [-0.25, -0.2) is 4.98 Å². The molecule has 1 heterocycles. The lowest BCUT2D eigenvalue weighted by atomic mass is 10.2. The van der Waals surface area contributed by atoms with Crippen molar-refractivity contribution in [2.24, 2.45) is 0 Å². The van der Waals surface area contributed by atoms with E-state index in [-0.39, 0.29) is 0 Å². The second-order valence-electron chi connectivity index (χ2n) is 2.75. The van der Waals surface area contributed by atoms with E-state index in [1.807, 2.05) is 6.07 Å². The van der Waals surface area contributed by atoms with E-state index in [0.717, 1.165) is 0 Å². The molecule has 0 fully saturated rings. The zero-order chi connectivity index (χ0) is 10.6. The van der Waals surface area contributed by atoms with E-state index in [4.69, 9.17) is 10.4 Å². The number of anilines is 1. The van der Waals surface area contributed by atoms with Gasteiger partial charge in [-0.2, -0.15) is 5.26 Å². The summed E-state index contributed by atoms with van der Waals surface area (Å²) in [5, 5.41) is 19.9. The second-order valence-corrected chi connectivity index (χ2v) is 2.75. The normalized spacial score (nSPS) is 11.4. The van der Waals surface area contributed by atoms with E-state index in [2.05, 4.69) is 10.3 Å². The van der Waals surface area contributed by atoms with Crippen LogP contribution in [0.3, 0.4) is 0 Å². The van der Waals surface area contributed by atoms with Crippen LogP contribution in [0, 0.1) is 11.3 Å². The monoisotopic (exact) mass is 191 g/mol. The predicted molar refractivity (Wildman–Crippen MR) is 49.7 cm³/mol. The lowest BCUT2D eigenvalue weighted by Crippen LogP contribution is -2.25. The molecule has 5 heteroatoms. The average Bonchev–Trinajstić information content (AvgIpc) is 2.18. The van der Waals surface area contributed by atoms with Crippen molar-refractivity contribution < 1.29 is 9.90 Å². The third kappa shape index (κ3) is 2.45. The summed E-state index contributed by atoms with van der Waals surface area (Å²) in [6, 6.07) is 4.27. The summed E-state index contributed by atoms with van der Waals surface area (Å²) in [7, 11) is 0. The topological polar surface area (TPSA) is 86.0 Å². The molecule has 1 atom stereocenters. The highest BCUT2D eigenvalue weighted by Crippen LogP contribution is 2.06. The van der Waals surface area contributed by atoms with Crippen LogP contribution in [0.15, 0.2) is 18.3 Å². The summed E-state index contributed by atoms with van der Waals surface area (Å²) < 4.78 is 0. The third-order valence-electron chi connectivity index (χ3n) is 1.62. The fourth-order valence-electron chi connectivity index (χ4n) is 0.863. The average molecular weight is 191 g/mol. The van der Waals surface area contributed by atoms with Crippen LogP contribution in [0.1, 0.15) is 12.5 Å². The Morgan fingerprint density at radius 3 is 3.07 bits per heavy atom. The number of carbonyl (C=O) groups is 1. The van der Waals surface area contributed by atoms with Gasteiger partial charge in [-0.15, -0.1) is 0 Å². The molecule has 0 radical (unpaired) electrons. The lowest BCUT2D eigenvalue weighted by Gasteiger charge is -2.09. The fraction of sp³-hybridized carbons (Fsp3) is 0.222. The number of rotatable bonds is 3. The highest BCUT2D eigenvalue weighted by Gasteiger charge is 2.10. The zero-order valence-corrected chi connectivity index (χ0v) is 7.56. The van der Waals surface area contributed by atoms with E-state index >= 15 is 0 Å². The molecule has 5 nitrogen and oxygen atoms in total. The summed E-state index contributed by atoms with van der Waals surface area (Å²) >= 11 is 0. The van der Waals surface area contributed by atoms with Crippen LogP contribution in [-0.4, -0.2) is 22.1 Å². The van der Waals surface area contributed by atoms with Gasteiger partial charge < -0.3 is 10.4 Å². The van der Waals surface area contributed by atoms with Crippen molar-refractivity contribution >= 4 is 11.8 Å². The number of aromatic nitrogens is 1. The van der Waals surface area contributed by atoms with Gasteiger partial charge >= 0.3 is 5.97 Å². The van der Waals surface area contributed by atoms with Crippen molar-refractivity contribution in [3.05, 3.63) is 23.9 Å². The number of nitriles is 1. The lowest BCUT2D eigenvalue weighted by molar-refractivity contribution is -0.137. The van der Waals surface area contributed by atoms with Gasteiger partial charge in [0.25, 0.3) is 0 Å². The van der Waals surface area contributed by atoms with Crippen molar-refractivity contribution in [3.8, 4) is 6.07 Å². The molecule has 0 aliphatic heterocycles. The van der Waals surface area contributed by atoms with Gasteiger partial charge in [-0.05, 0) is 19.1 Å². The van der Waals surface area contributed by atoms with Crippen LogP contribution >= 0.6 is 0 Å². The number of hydrogen-bond donors (Lipinski definition) is 2. The number of pyridine rings is 1. The largest absolute Gasteiger partial charge is 0.480 e. The van der Waals surface area contributed by atoms with Crippen molar-refractivity contribution in [2.75, 3.05) is 5.32 Å². The molecule has 0 aromatic carbocycles. The number of carboxylic acids is 1. The SMILES string of the molecule is CC(Nc1cc(C#N)ccn1)C(=O)O. The molecule has 1 aromatic rings. The molecule has 0 aliphatic rings. The Kier molecular flexibility index (Phi) is 3.02. The Labute approximate surface area is 81.0 Å². The maximum absolute atomic E-state index is 10.5. The molecule has 14 heavy (non-hydrogen) atoms. The van der Waals surface area contributed by atoms with Crippen molar-refractivity contribution in [3.63, 3.8) is 0 Å². The Morgan fingerprint density at radius 2 is 2.50 bits per heavy atom. The van der Waals surface area contributed by atoms with Crippen molar-refractivity contribution in [1.82, 2.24) is 4.98 Å². The summed E-state index contributed by atoms with van der Waals surface area (Å²) in [5.74, 6) is -0.576. The molecule has 0 amide bonds. The minimum atomic E-state index is -0.964. The van der Waals surface area contributed by atoms with Crippen molar-refractivity contribution in [2.45, 2.75) is 13.0 Å². The van der Waals surface area contributed by atoms with Crippen LogP contribution < -0.4 is 5.32 Å². The Bertz CT molecular complexity index is 384. The Balaban J connectivity index is 2.78. The number of nitrogens with one attached hydrogen (secondary N) is 1. The van der Waals surface area contributed by atoms with E-state index < -0.39 is 12.0 Å². The molecule has 0 saturated carbocycles. The molecule has 0 bridgehead atoms. The van der Waals surface area contributed by atoms with Gasteiger partial charge in [0.1, 0.15) is 11.9 Å². The maximum Gasteiger partial charge on any atom is 0.325 e. The quantitative estimate of drug-likeness (QED) is 0.739. The number of nitrogens with zero attached hydrogens (tertiary/aromatic N) is 2. The van der Waals surface area contributed by atoms with Crippen LogP contribution in [-0.2, 0) is 4.79 Å². The first-order chi connectivity index (χ1) is 6.63. The molecule has 0 spiro atoms. The van der Waals surface area contributed by atoms with Crippen LogP contribution in [0.4, 0.5) is 5.82 Å². The molecular formula is C9H9N3O2. The summed E-state index contributed by atoms with van der Waals surface area (Å²) in [6.45, 7) is 1.50. The van der Waals surface area contributed by atoms with Gasteiger partial charge in [0, 0.05) is 6.20 Å². The predicted octanol–water partition coefficient (Wildman–Crippen LogP) is 0.838. The number of hydrogen-bond acceptors (Lipinski definition) is 4. The molecule has 1 aromatic heterocycles. The first kappa shape index (κ1) is 9.99. The molecule has 0 aliphatic carbocycles. The van der Waals surface area contributed by atoms with E-state index in [1.54, 1.807) is 6.07 Å². The molecule has 2 N–H and O–H groups in total. The Hall–Kier alpha value is -2.09.